The molecular formula is C19H15N3O5. The largest absolute Gasteiger partial charge is 0.449 e. The number of nitriles is 1. The number of anilines is 1. The van der Waals surface area contributed by atoms with Crippen molar-refractivity contribution >= 4 is 29.3 Å². The van der Waals surface area contributed by atoms with E-state index < -0.39 is 22.9 Å². The van der Waals surface area contributed by atoms with Gasteiger partial charge in [0.05, 0.1) is 16.6 Å². The summed E-state index contributed by atoms with van der Waals surface area (Å²) < 4.78 is 4.99. The number of hydrogen-bond acceptors (Lipinski definition) is 6. The number of para-hydroxylation sites is 2. The van der Waals surface area contributed by atoms with E-state index in [1.165, 1.54) is 31.2 Å². The Hall–Kier alpha value is -3.99. The molecule has 2 aromatic rings. The van der Waals surface area contributed by atoms with Crippen LogP contribution in [-0.2, 0) is 14.3 Å². The van der Waals surface area contributed by atoms with Crippen molar-refractivity contribution in [3.8, 4) is 6.07 Å². The molecule has 2 aromatic carbocycles. The average Bonchev–Trinajstić information content (AvgIpc) is 2.67. The smallest absolute Gasteiger partial charge is 0.331 e. The Morgan fingerprint density at radius 3 is 2.52 bits per heavy atom. The maximum atomic E-state index is 12.1. The lowest BCUT2D eigenvalue weighted by molar-refractivity contribution is -0.383. The summed E-state index contributed by atoms with van der Waals surface area (Å²) in [4.78, 5) is 34.3. The summed E-state index contributed by atoms with van der Waals surface area (Å²) >= 11 is 0. The molecule has 0 aromatic heterocycles. The molecule has 1 N–H and O–H groups in total. The third-order valence-electron chi connectivity index (χ3n) is 3.47. The Balaban J connectivity index is 1.95. The number of carbonyl (C=O) groups excluding carboxylic acids is 2. The van der Waals surface area contributed by atoms with Gasteiger partial charge >= 0.3 is 5.97 Å². The van der Waals surface area contributed by atoms with Crippen molar-refractivity contribution in [2.24, 2.45) is 0 Å². The van der Waals surface area contributed by atoms with E-state index >= 15 is 0 Å². The molecule has 0 radical (unpaired) electrons. The van der Waals surface area contributed by atoms with Crippen LogP contribution in [0, 0.1) is 21.4 Å². The van der Waals surface area contributed by atoms with E-state index in [2.05, 4.69) is 5.32 Å². The van der Waals surface area contributed by atoms with Gasteiger partial charge < -0.3 is 10.1 Å². The third-order valence-corrected chi connectivity index (χ3v) is 3.47. The molecule has 0 fully saturated rings. The molecule has 0 saturated heterocycles. The van der Waals surface area contributed by atoms with Crippen molar-refractivity contribution < 1.29 is 19.2 Å². The number of nitro groups is 1. The van der Waals surface area contributed by atoms with Crippen LogP contribution in [0.4, 0.5) is 11.4 Å². The van der Waals surface area contributed by atoms with Gasteiger partial charge in [-0.3, -0.25) is 14.9 Å². The van der Waals surface area contributed by atoms with Crippen LogP contribution in [0.3, 0.4) is 0 Å². The Morgan fingerprint density at radius 2 is 1.89 bits per heavy atom. The summed E-state index contributed by atoms with van der Waals surface area (Å²) in [5, 5.41) is 22.1. The zero-order valence-corrected chi connectivity index (χ0v) is 14.3. The predicted octanol–water partition coefficient (Wildman–Crippen LogP) is 3.05. The van der Waals surface area contributed by atoms with Crippen molar-refractivity contribution in [3.63, 3.8) is 0 Å². The van der Waals surface area contributed by atoms with Crippen LogP contribution in [0.5, 0.6) is 0 Å². The molecule has 0 unspecified atom stereocenters. The number of hydrogen-bond donors (Lipinski definition) is 1. The highest BCUT2D eigenvalue weighted by Crippen LogP contribution is 2.23. The molecule has 1 atom stereocenters. The number of carbonyl (C=O) groups is 2. The lowest BCUT2D eigenvalue weighted by atomic mass is 10.1. The van der Waals surface area contributed by atoms with Crippen molar-refractivity contribution in [1.29, 1.82) is 5.26 Å². The van der Waals surface area contributed by atoms with E-state index in [0.717, 1.165) is 6.08 Å². The van der Waals surface area contributed by atoms with E-state index in [1.807, 2.05) is 6.07 Å². The number of esters is 1. The molecule has 0 spiro atoms. The van der Waals surface area contributed by atoms with E-state index in [9.17, 15) is 19.7 Å². The summed E-state index contributed by atoms with van der Waals surface area (Å²) in [7, 11) is 0. The van der Waals surface area contributed by atoms with Crippen LogP contribution in [0.1, 0.15) is 18.1 Å². The van der Waals surface area contributed by atoms with Crippen LogP contribution >= 0.6 is 0 Å². The first-order chi connectivity index (χ1) is 12.9. The summed E-state index contributed by atoms with van der Waals surface area (Å²) in [6.07, 6.45) is 1.48. The Bertz CT molecular complexity index is 929. The van der Waals surface area contributed by atoms with Crippen molar-refractivity contribution in [1.82, 2.24) is 0 Å². The first-order valence-electron chi connectivity index (χ1n) is 7.84. The molecule has 27 heavy (non-hydrogen) atoms. The fourth-order valence-electron chi connectivity index (χ4n) is 2.07. The van der Waals surface area contributed by atoms with E-state index in [0.29, 0.717) is 11.1 Å². The van der Waals surface area contributed by atoms with E-state index in [-0.39, 0.29) is 11.4 Å². The van der Waals surface area contributed by atoms with Gasteiger partial charge in [0.1, 0.15) is 5.69 Å². The number of nitrogens with one attached hydrogen (secondary N) is 1. The molecule has 136 valence electrons. The van der Waals surface area contributed by atoms with Crippen LogP contribution < -0.4 is 5.32 Å². The van der Waals surface area contributed by atoms with E-state index in [4.69, 9.17) is 10.00 Å². The Morgan fingerprint density at radius 1 is 1.22 bits per heavy atom. The number of nitrogens with zero attached hydrogens (tertiary/aromatic N) is 2. The summed E-state index contributed by atoms with van der Waals surface area (Å²) in [5.74, 6) is -1.44. The molecule has 0 saturated carbocycles. The summed E-state index contributed by atoms with van der Waals surface area (Å²) in [5.41, 5.74) is 0.937. The van der Waals surface area contributed by atoms with Gasteiger partial charge in [0.2, 0.25) is 0 Å². The predicted molar refractivity (Wildman–Crippen MR) is 97.5 cm³/mol. The first kappa shape index (κ1) is 19.3. The SMILES string of the molecule is C[C@@H](OC(=O)/C=C/c1ccc(C#N)cc1)C(=O)Nc1ccccc1[N+](=O)[O-]. The van der Waals surface area contributed by atoms with Gasteiger partial charge in [0, 0.05) is 12.1 Å². The molecule has 8 heteroatoms. The van der Waals surface area contributed by atoms with Gasteiger partial charge in [0.25, 0.3) is 11.6 Å². The second kappa shape index (κ2) is 8.92. The average molecular weight is 365 g/mol. The highest BCUT2D eigenvalue weighted by Gasteiger charge is 2.20. The third kappa shape index (κ3) is 5.51. The fourth-order valence-corrected chi connectivity index (χ4v) is 2.07. The minimum atomic E-state index is -1.15. The van der Waals surface area contributed by atoms with Gasteiger partial charge in [-0.2, -0.15) is 5.26 Å². The Kier molecular flexibility index (Phi) is 6.39. The minimum Gasteiger partial charge on any atom is -0.449 e. The minimum absolute atomic E-state index is 0.0172. The van der Waals surface area contributed by atoms with Crippen molar-refractivity contribution in [3.05, 3.63) is 75.8 Å². The zero-order chi connectivity index (χ0) is 19.8. The maximum absolute atomic E-state index is 12.1. The fraction of sp³-hybridized carbons (Fsp3) is 0.105. The van der Waals surface area contributed by atoms with Crippen LogP contribution in [0.25, 0.3) is 6.08 Å². The quantitative estimate of drug-likeness (QED) is 0.363. The second-order valence-corrected chi connectivity index (χ2v) is 5.41. The highest BCUT2D eigenvalue weighted by molar-refractivity contribution is 5.98. The van der Waals surface area contributed by atoms with Gasteiger partial charge in [0.15, 0.2) is 6.10 Å². The molecular weight excluding hydrogens is 350 g/mol. The summed E-state index contributed by atoms with van der Waals surface area (Å²) in [6, 6.07) is 14.2. The topological polar surface area (TPSA) is 122 Å². The van der Waals surface area contributed by atoms with Crippen LogP contribution in [0.2, 0.25) is 0 Å². The number of amides is 1. The van der Waals surface area contributed by atoms with Gasteiger partial charge in [-0.05, 0) is 36.8 Å². The molecule has 0 aliphatic heterocycles. The number of rotatable bonds is 6. The standard InChI is InChI=1S/C19H15N3O5/c1-13(19(24)21-16-4-2-3-5-17(16)22(25)26)27-18(23)11-10-14-6-8-15(12-20)9-7-14/h2-11,13H,1H3,(H,21,24)/b11-10+/t13-/m1/s1. The lowest BCUT2D eigenvalue weighted by Crippen LogP contribution is -2.29. The molecule has 0 heterocycles. The normalized spacial score (nSPS) is 11.4. The monoisotopic (exact) mass is 365 g/mol. The zero-order valence-electron chi connectivity index (χ0n) is 14.3. The molecule has 0 aliphatic carbocycles. The first-order valence-corrected chi connectivity index (χ1v) is 7.84. The maximum Gasteiger partial charge on any atom is 0.331 e. The number of nitro benzene ring substituents is 1. The van der Waals surface area contributed by atoms with Crippen molar-refractivity contribution in [2.75, 3.05) is 5.32 Å². The molecule has 0 bridgehead atoms. The summed E-state index contributed by atoms with van der Waals surface area (Å²) in [6.45, 7) is 1.36. The number of benzene rings is 2. The molecule has 0 aliphatic rings. The number of ether oxygens (including phenoxy) is 1. The second-order valence-electron chi connectivity index (χ2n) is 5.41. The molecule has 2 rings (SSSR count). The van der Waals surface area contributed by atoms with Crippen LogP contribution in [0.15, 0.2) is 54.6 Å². The Labute approximate surface area is 154 Å². The van der Waals surface area contributed by atoms with E-state index in [1.54, 1.807) is 30.3 Å². The molecule has 8 nitrogen and oxygen atoms in total. The van der Waals surface area contributed by atoms with Crippen molar-refractivity contribution in [2.45, 2.75) is 13.0 Å². The van der Waals surface area contributed by atoms with Gasteiger partial charge in [-0.1, -0.05) is 24.3 Å². The van der Waals surface area contributed by atoms with Crippen LogP contribution in [-0.4, -0.2) is 22.9 Å². The lowest BCUT2D eigenvalue weighted by Gasteiger charge is -2.12. The van der Waals surface area contributed by atoms with Gasteiger partial charge in [-0.15, -0.1) is 0 Å². The highest BCUT2D eigenvalue weighted by atomic mass is 16.6. The van der Waals surface area contributed by atoms with Gasteiger partial charge in [-0.25, -0.2) is 4.79 Å². The molecule has 1 amide bonds.